The van der Waals surface area contributed by atoms with E-state index in [1.165, 1.54) is 154 Å². The summed E-state index contributed by atoms with van der Waals surface area (Å²) in [6.45, 7) is 11.8. The van der Waals surface area contributed by atoms with Gasteiger partial charge >= 0.3 is 39.5 Å². The van der Waals surface area contributed by atoms with E-state index < -0.39 is 97.5 Å². The second-order valence-corrected chi connectivity index (χ2v) is 31.2. The lowest BCUT2D eigenvalue weighted by molar-refractivity contribution is -0.161. The molecule has 0 aliphatic carbocycles. The quantitative estimate of drug-likeness (QED) is 0.0169. The van der Waals surface area contributed by atoms with Gasteiger partial charge in [-0.05, 0) is 69.1 Å². The van der Waals surface area contributed by atoms with Gasteiger partial charge in [-0.25, -0.2) is 9.13 Å². The minimum atomic E-state index is -4.96. The molecule has 0 aromatic heterocycles. The number of hydrogen-bond acceptors (Lipinski definition) is 15. The molecule has 0 heterocycles. The molecule has 0 fully saturated rings. The topological polar surface area (TPSA) is 237 Å². The van der Waals surface area contributed by atoms with Gasteiger partial charge in [0.05, 0.1) is 26.4 Å². The van der Waals surface area contributed by atoms with Crippen LogP contribution in [0, 0.1) is 17.8 Å². The van der Waals surface area contributed by atoms with Crippen molar-refractivity contribution in [2.75, 3.05) is 39.6 Å². The average Bonchev–Trinajstić information content (AvgIpc) is 1.73. The third kappa shape index (κ3) is 68.7. The van der Waals surface area contributed by atoms with Crippen molar-refractivity contribution < 1.29 is 80.2 Å². The van der Waals surface area contributed by atoms with E-state index >= 15 is 0 Å². The van der Waals surface area contributed by atoms with E-state index in [9.17, 15) is 43.2 Å². The molecule has 0 aromatic rings. The highest BCUT2D eigenvalue weighted by atomic mass is 31.2. The summed E-state index contributed by atoms with van der Waals surface area (Å²) < 4.78 is 68.5. The average molecular weight is 1410 g/mol. The zero-order valence-electron chi connectivity index (χ0n) is 62.3. The summed E-state index contributed by atoms with van der Waals surface area (Å²) in [5.74, 6) is 0.130. The number of ether oxygens (including phenoxy) is 4. The first-order chi connectivity index (χ1) is 46.3. The number of esters is 4. The number of unbranched alkanes of at least 4 members (excludes halogenated alkanes) is 37. The Kier molecular flexibility index (Phi) is 65.3. The summed E-state index contributed by atoms with van der Waals surface area (Å²) in [5.41, 5.74) is 0. The Morgan fingerprint density at radius 3 is 0.927 bits per heavy atom. The summed E-state index contributed by atoms with van der Waals surface area (Å²) >= 11 is 0. The fourth-order valence-electron chi connectivity index (χ4n) is 11.2. The summed E-state index contributed by atoms with van der Waals surface area (Å²) in [6.07, 6.45) is 56.4. The third-order valence-electron chi connectivity index (χ3n) is 17.6. The first-order valence-corrected chi connectivity index (χ1v) is 42.2. The van der Waals surface area contributed by atoms with Gasteiger partial charge < -0.3 is 33.8 Å². The van der Waals surface area contributed by atoms with Crippen LogP contribution >= 0.6 is 15.6 Å². The third-order valence-corrected chi connectivity index (χ3v) is 19.5. The lowest BCUT2D eigenvalue weighted by atomic mass is 9.99. The maximum atomic E-state index is 13.1. The molecule has 0 rings (SSSR count). The van der Waals surface area contributed by atoms with Crippen LogP contribution in [0.3, 0.4) is 0 Å². The van der Waals surface area contributed by atoms with Crippen LogP contribution in [-0.4, -0.2) is 96.7 Å². The highest BCUT2D eigenvalue weighted by Gasteiger charge is 2.30. The highest BCUT2D eigenvalue weighted by molar-refractivity contribution is 7.47. The Hall–Kier alpha value is -2.46. The molecular formula is C77H146O17P2. The lowest BCUT2D eigenvalue weighted by Crippen LogP contribution is -2.30. The summed E-state index contributed by atoms with van der Waals surface area (Å²) in [4.78, 5) is 72.8. The second-order valence-electron chi connectivity index (χ2n) is 28.3. The van der Waals surface area contributed by atoms with Crippen LogP contribution in [0.5, 0.6) is 0 Å². The smallest absolute Gasteiger partial charge is 0.462 e. The van der Waals surface area contributed by atoms with Gasteiger partial charge in [0, 0.05) is 25.7 Å². The van der Waals surface area contributed by atoms with E-state index in [-0.39, 0.29) is 25.7 Å². The van der Waals surface area contributed by atoms with E-state index in [1.807, 2.05) is 0 Å². The molecule has 0 bridgehead atoms. The van der Waals surface area contributed by atoms with E-state index in [2.05, 4.69) is 72.8 Å². The maximum absolute atomic E-state index is 13.1. The summed E-state index contributed by atoms with van der Waals surface area (Å²) in [7, 11) is -9.92. The van der Waals surface area contributed by atoms with Crippen LogP contribution in [0.2, 0.25) is 0 Å². The van der Waals surface area contributed by atoms with Crippen molar-refractivity contribution in [3.05, 3.63) is 24.3 Å². The number of carbonyl (C=O) groups excluding carboxylic acids is 4. The largest absolute Gasteiger partial charge is 0.472 e. The predicted molar refractivity (Wildman–Crippen MR) is 390 cm³/mol. The van der Waals surface area contributed by atoms with Gasteiger partial charge in [-0.2, -0.15) is 0 Å². The number of carbonyl (C=O) groups is 4. The molecule has 4 unspecified atom stereocenters. The van der Waals surface area contributed by atoms with Gasteiger partial charge in [0.2, 0.25) is 0 Å². The van der Waals surface area contributed by atoms with Crippen molar-refractivity contribution in [1.82, 2.24) is 0 Å². The van der Waals surface area contributed by atoms with Gasteiger partial charge in [-0.15, -0.1) is 0 Å². The number of rotatable bonds is 73. The first kappa shape index (κ1) is 93.5. The molecule has 96 heavy (non-hydrogen) atoms. The molecular weight excluding hydrogens is 1260 g/mol. The molecule has 0 aliphatic rings. The number of aliphatic hydroxyl groups is 1. The molecule has 0 saturated carbocycles. The van der Waals surface area contributed by atoms with E-state index in [0.29, 0.717) is 31.6 Å². The minimum absolute atomic E-state index is 0.0990. The SMILES string of the molecule is CCCCCC/C=C\C=C/CCCCCCCC(=O)OC[C@H](COP(=O)(O)OCC(O)COP(=O)(O)OC[C@@H](COC(=O)CCCCCCCCC(C)C)OC(=O)CCCCCCCCCCCCCCCCCC(C)C)OC(=O)CCCCCCCCCCCCC(C)CC. The molecule has 0 aliphatic heterocycles. The number of aliphatic hydroxyl groups excluding tert-OH is 1. The van der Waals surface area contributed by atoms with Crippen LogP contribution in [-0.2, 0) is 65.4 Å². The van der Waals surface area contributed by atoms with Crippen LogP contribution in [0.4, 0.5) is 0 Å². The van der Waals surface area contributed by atoms with Gasteiger partial charge in [0.15, 0.2) is 12.2 Å². The van der Waals surface area contributed by atoms with E-state index in [1.54, 1.807) is 0 Å². The van der Waals surface area contributed by atoms with Crippen LogP contribution in [0.1, 0.15) is 370 Å². The van der Waals surface area contributed by atoms with Crippen LogP contribution in [0.15, 0.2) is 24.3 Å². The summed E-state index contributed by atoms with van der Waals surface area (Å²) in [6, 6.07) is 0. The van der Waals surface area contributed by atoms with Crippen molar-refractivity contribution in [1.29, 1.82) is 0 Å². The molecule has 0 saturated heterocycles. The molecule has 0 aromatic carbocycles. The Bertz CT molecular complexity index is 1970. The van der Waals surface area contributed by atoms with Crippen molar-refractivity contribution in [3.8, 4) is 0 Å². The van der Waals surface area contributed by atoms with Crippen LogP contribution < -0.4 is 0 Å². The number of phosphoric acid groups is 2. The molecule has 0 spiro atoms. The van der Waals surface area contributed by atoms with Crippen molar-refractivity contribution in [2.45, 2.75) is 388 Å². The lowest BCUT2D eigenvalue weighted by Gasteiger charge is -2.21. The normalized spacial score (nSPS) is 14.5. The molecule has 0 amide bonds. The molecule has 3 N–H and O–H groups in total. The molecule has 17 nitrogen and oxygen atoms in total. The van der Waals surface area contributed by atoms with Gasteiger partial charge in [-0.3, -0.25) is 37.3 Å². The van der Waals surface area contributed by atoms with E-state index in [0.717, 1.165) is 127 Å². The second kappa shape index (κ2) is 67.1. The van der Waals surface area contributed by atoms with Crippen molar-refractivity contribution in [2.24, 2.45) is 17.8 Å². The van der Waals surface area contributed by atoms with Gasteiger partial charge in [0.1, 0.15) is 19.3 Å². The van der Waals surface area contributed by atoms with Crippen LogP contribution in [0.25, 0.3) is 0 Å². The first-order valence-electron chi connectivity index (χ1n) is 39.2. The Morgan fingerprint density at radius 2 is 0.615 bits per heavy atom. The van der Waals surface area contributed by atoms with Crippen molar-refractivity contribution >= 4 is 39.5 Å². The Morgan fingerprint density at radius 1 is 0.344 bits per heavy atom. The Balaban J connectivity index is 5.26. The van der Waals surface area contributed by atoms with Gasteiger partial charge in [-0.1, -0.05) is 317 Å². The highest BCUT2D eigenvalue weighted by Crippen LogP contribution is 2.45. The molecule has 566 valence electrons. The fourth-order valence-corrected chi connectivity index (χ4v) is 12.8. The zero-order valence-corrected chi connectivity index (χ0v) is 64.1. The van der Waals surface area contributed by atoms with Crippen molar-refractivity contribution in [3.63, 3.8) is 0 Å². The number of hydrogen-bond donors (Lipinski definition) is 3. The minimum Gasteiger partial charge on any atom is -0.462 e. The molecule has 0 radical (unpaired) electrons. The maximum Gasteiger partial charge on any atom is 0.472 e. The monoisotopic (exact) mass is 1410 g/mol. The van der Waals surface area contributed by atoms with Gasteiger partial charge in [0.25, 0.3) is 0 Å². The standard InChI is InChI=1S/C77H146O17P2/c1-8-10-11-12-13-14-15-16-18-22-25-31-36-44-51-58-74(79)87-64-72(93-77(82)61-54-47-38-33-28-27-30-35-43-50-57-70(7)9-2)66-91-95(83,84)89-62-71(78)63-90-96(85,86)92-67-73(65-88-75(80)59-52-45-40-39-42-49-56-69(5)6)94-76(81)60-53-46-37-32-26-23-20-17-19-21-24-29-34-41-48-55-68(3)4/h14-16,18,68-73,78H,8-13,17,19-67H2,1-7H3,(H,83,84)(H,85,86)/b15-14-,18-16-/t70?,71?,72-,73-/m1/s1. The zero-order chi connectivity index (χ0) is 70.9. The molecule has 19 heteroatoms. The fraction of sp³-hybridized carbons (Fsp3) is 0.896. The number of phosphoric ester groups is 2. The Labute approximate surface area is 586 Å². The van der Waals surface area contributed by atoms with E-state index in [4.69, 9.17) is 37.0 Å². The number of allylic oxidation sites excluding steroid dienone is 4. The summed E-state index contributed by atoms with van der Waals surface area (Å²) in [5, 5.41) is 10.6. The molecule has 6 atom stereocenters. The predicted octanol–water partition coefficient (Wildman–Crippen LogP) is 22.1.